The van der Waals surface area contributed by atoms with Crippen molar-refractivity contribution in [1.82, 2.24) is 0 Å². The Labute approximate surface area is 114 Å². The van der Waals surface area contributed by atoms with Crippen molar-refractivity contribution in [3.63, 3.8) is 0 Å². The summed E-state index contributed by atoms with van der Waals surface area (Å²) in [5.41, 5.74) is 3.23. The van der Waals surface area contributed by atoms with E-state index < -0.39 is 0 Å². The van der Waals surface area contributed by atoms with Crippen LogP contribution in [-0.2, 0) is 0 Å². The maximum atomic E-state index is 12.5. The molecule has 0 N–H and O–H groups in total. The van der Waals surface area contributed by atoms with Crippen LogP contribution in [0.25, 0.3) is 16.5 Å². The lowest BCUT2D eigenvalue weighted by atomic mass is 10.1. The summed E-state index contributed by atoms with van der Waals surface area (Å²) < 4.78 is 5.82. The van der Waals surface area contributed by atoms with Gasteiger partial charge in [-0.3, -0.25) is 4.79 Å². The second-order valence-corrected chi connectivity index (χ2v) is 5.53. The molecule has 92 valence electrons. The first-order valence-corrected chi connectivity index (χ1v) is 7.18. The Hall–Kier alpha value is -1.19. The van der Waals surface area contributed by atoms with Crippen LogP contribution >= 0.6 is 23.4 Å². The van der Waals surface area contributed by atoms with Gasteiger partial charge in [0, 0.05) is 11.6 Å². The van der Waals surface area contributed by atoms with E-state index in [-0.39, 0.29) is 5.43 Å². The van der Waals surface area contributed by atoms with Gasteiger partial charge < -0.3 is 4.42 Å². The van der Waals surface area contributed by atoms with Gasteiger partial charge in [0.1, 0.15) is 5.58 Å². The minimum atomic E-state index is 0.0223. The smallest absolute Gasteiger partial charge is 0.201 e. The molecule has 1 aliphatic rings. The van der Waals surface area contributed by atoms with E-state index in [0.29, 0.717) is 27.5 Å². The van der Waals surface area contributed by atoms with E-state index in [1.54, 1.807) is 0 Å². The lowest BCUT2D eigenvalue weighted by Crippen LogP contribution is -2.13. The molecule has 1 aliphatic heterocycles. The SMILES string of the molecule is Cc1ccc2oc3c(c(=O)c2c1)C(CCl)=CCS3. The minimum absolute atomic E-state index is 0.0223. The number of alkyl halides is 1. The van der Waals surface area contributed by atoms with Gasteiger partial charge >= 0.3 is 0 Å². The second-order valence-electron chi connectivity index (χ2n) is 4.27. The molecule has 0 saturated heterocycles. The molecule has 0 bridgehead atoms. The molecular formula is C14H11ClO2S. The van der Waals surface area contributed by atoms with Gasteiger partial charge in [-0.15, -0.1) is 11.6 Å². The lowest BCUT2D eigenvalue weighted by Gasteiger charge is -2.14. The van der Waals surface area contributed by atoms with E-state index in [9.17, 15) is 4.79 Å². The summed E-state index contributed by atoms with van der Waals surface area (Å²) in [6, 6.07) is 5.67. The molecule has 2 nitrogen and oxygen atoms in total. The zero-order valence-electron chi connectivity index (χ0n) is 9.83. The van der Waals surface area contributed by atoms with Crippen LogP contribution in [0, 0.1) is 6.92 Å². The molecule has 0 unspecified atom stereocenters. The zero-order valence-corrected chi connectivity index (χ0v) is 11.4. The van der Waals surface area contributed by atoms with Crippen molar-refractivity contribution in [3.05, 3.63) is 45.6 Å². The van der Waals surface area contributed by atoms with E-state index in [0.717, 1.165) is 16.9 Å². The molecule has 0 spiro atoms. The number of benzene rings is 1. The fourth-order valence-electron chi connectivity index (χ4n) is 2.11. The average molecular weight is 279 g/mol. The number of hydrogen-bond donors (Lipinski definition) is 0. The van der Waals surface area contributed by atoms with Crippen molar-refractivity contribution < 1.29 is 4.42 Å². The molecule has 2 aromatic rings. The topological polar surface area (TPSA) is 30.2 Å². The third-order valence-corrected chi connectivity index (χ3v) is 4.19. The molecule has 0 aliphatic carbocycles. The summed E-state index contributed by atoms with van der Waals surface area (Å²) >= 11 is 7.44. The quantitative estimate of drug-likeness (QED) is 0.743. The van der Waals surface area contributed by atoms with Crippen molar-refractivity contribution in [2.24, 2.45) is 0 Å². The van der Waals surface area contributed by atoms with E-state index in [1.165, 1.54) is 11.8 Å². The number of rotatable bonds is 1. The Bertz CT molecular complexity index is 716. The van der Waals surface area contributed by atoms with Crippen molar-refractivity contribution in [3.8, 4) is 0 Å². The summed E-state index contributed by atoms with van der Waals surface area (Å²) in [7, 11) is 0. The Kier molecular flexibility index (Phi) is 2.96. The predicted molar refractivity (Wildman–Crippen MR) is 76.6 cm³/mol. The molecule has 1 aromatic carbocycles. The number of allylic oxidation sites excluding steroid dienone is 1. The highest BCUT2D eigenvalue weighted by Crippen LogP contribution is 2.34. The number of hydrogen-bond acceptors (Lipinski definition) is 3. The molecule has 0 saturated carbocycles. The van der Waals surface area contributed by atoms with E-state index in [1.807, 2.05) is 31.2 Å². The van der Waals surface area contributed by atoms with Crippen LogP contribution in [-0.4, -0.2) is 11.6 Å². The monoisotopic (exact) mass is 278 g/mol. The maximum Gasteiger partial charge on any atom is 0.201 e. The molecule has 0 fully saturated rings. The van der Waals surface area contributed by atoms with Crippen molar-refractivity contribution in [1.29, 1.82) is 0 Å². The average Bonchev–Trinajstić information content (AvgIpc) is 2.39. The molecule has 18 heavy (non-hydrogen) atoms. The molecule has 3 rings (SSSR count). The standard InChI is InChI=1S/C14H11ClO2S/c1-8-2-3-11-10(6-8)13(16)12-9(7-15)4-5-18-14(12)17-11/h2-4,6H,5,7H2,1H3. The third-order valence-electron chi connectivity index (χ3n) is 3.02. The van der Waals surface area contributed by atoms with Crippen molar-refractivity contribution >= 4 is 39.9 Å². The van der Waals surface area contributed by atoms with Crippen molar-refractivity contribution in [2.45, 2.75) is 12.0 Å². The summed E-state index contributed by atoms with van der Waals surface area (Å²) in [6.07, 6.45) is 2.00. The van der Waals surface area contributed by atoms with Crippen LogP contribution < -0.4 is 5.43 Å². The molecule has 0 amide bonds. The first-order valence-electron chi connectivity index (χ1n) is 5.66. The summed E-state index contributed by atoms with van der Waals surface area (Å²) in [4.78, 5) is 12.5. The van der Waals surface area contributed by atoms with Gasteiger partial charge in [0.05, 0.1) is 10.9 Å². The van der Waals surface area contributed by atoms with E-state index >= 15 is 0 Å². The first-order chi connectivity index (χ1) is 8.70. The van der Waals surface area contributed by atoms with E-state index in [2.05, 4.69) is 0 Å². The number of thioether (sulfide) groups is 1. The van der Waals surface area contributed by atoms with Crippen LogP contribution in [0.4, 0.5) is 0 Å². The van der Waals surface area contributed by atoms with Gasteiger partial charge in [-0.05, 0) is 24.6 Å². The molecule has 0 atom stereocenters. The lowest BCUT2D eigenvalue weighted by molar-refractivity contribution is 0.496. The fraction of sp³-hybridized carbons (Fsp3) is 0.214. The fourth-order valence-corrected chi connectivity index (χ4v) is 3.30. The van der Waals surface area contributed by atoms with Gasteiger partial charge in [-0.2, -0.15) is 0 Å². The van der Waals surface area contributed by atoms with Crippen LogP contribution in [0.5, 0.6) is 0 Å². The summed E-state index contributed by atoms with van der Waals surface area (Å²) in [6.45, 7) is 1.96. The van der Waals surface area contributed by atoms with Gasteiger partial charge in [-0.1, -0.05) is 29.5 Å². The minimum Gasteiger partial charge on any atom is -0.449 e. The Morgan fingerprint density at radius 3 is 3.06 bits per heavy atom. The molecule has 4 heteroatoms. The Balaban J connectivity index is 2.40. The van der Waals surface area contributed by atoms with Crippen LogP contribution in [0.3, 0.4) is 0 Å². The highest BCUT2D eigenvalue weighted by atomic mass is 35.5. The highest BCUT2D eigenvalue weighted by Gasteiger charge is 2.20. The predicted octanol–water partition coefficient (Wildman–Crippen LogP) is 3.83. The Morgan fingerprint density at radius 2 is 2.28 bits per heavy atom. The Morgan fingerprint density at radius 1 is 1.44 bits per heavy atom. The van der Waals surface area contributed by atoms with Crippen LogP contribution in [0.2, 0.25) is 0 Å². The van der Waals surface area contributed by atoms with Crippen molar-refractivity contribution in [2.75, 3.05) is 11.6 Å². The normalized spacial score (nSPS) is 14.4. The largest absolute Gasteiger partial charge is 0.449 e. The number of fused-ring (bicyclic) bond motifs is 2. The number of aryl methyl sites for hydroxylation is 1. The van der Waals surface area contributed by atoms with Gasteiger partial charge in [0.15, 0.2) is 5.09 Å². The molecule has 0 radical (unpaired) electrons. The van der Waals surface area contributed by atoms with Crippen LogP contribution in [0.1, 0.15) is 11.1 Å². The molecular weight excluding hydrogens is 268 g/mol. The van der Waals surface area contributed by atoms with Crippen LogP contribution in [0.15, 0.2) is 38.6 Å². The molecule has 2 heterocycles. The summed E-state index contributed by atoms with van der Waals surface area (Å²) in [5, 5.41) is 1.32. The number of halogens is 1. The van der Waals surface area contributed by atoms with Gasteiger partial charge in [0.2, 0.25) is 5.43 Å². The highest BCUT2D eigenvalue weighted by molar-refractivity contribution is 7.99. The third kappa shape index (κ3) is 1.78. The second kappa shape index (κ2) is 4.48. The van der Waals surface area contributed by atoms with Gasteiger partial charge in [0.25, 0.3) is 0 Å². The van der Waals surface area contributed by atoms with Gasteiger partial charge in [-0.25, -0.2) is 0 Å². The van der Waals surface area contributed by atoms with E-state index in [4.69, 9.17) is 16.0 Å². The summed E-state index contributed by atoms with van der Waals surface area (Å²) in [5.74, 6) is 1.14. The maximum absolute atomic E-state index is 12.5. The molecule has 1 aromatic heterocycles. The zero-order chi connectivity index (χ0) is 12.7. The first kappa shape index (κ1) is 11.9.